The molecule has 0 aromatic carbocycles. The van der Waals surface area contributed by atoms with Gasteiger partial charge in [-0.2, -0.15) is 0 Å². The SMILES string of the molecule is CCCCN(C1CC1)C(CNCCC)COC. The van der Waals surface area contributed by atoms with E-state index in [0.29, 0.717) is 6.04 Å². The fourth-order valence-corrected chi connectivity index (χ4v) is 2.32. The summed E-state index contributed by atoms with van der Waals surface area (Å²) in [4.78, 5) is 2.68. The van der Waals surface area contributed by atoms with E-state index in [2.05, 4.69) is 24.1 Å². The first kappa shape index (κ1) is 14.9. The third-order valence-electron chi connectivity index (χ3n) is 3.42. The lowest BCUT2D eigenvalue weighted by atomic mass is 10.2. The van der Waals surface area contributed by atoms with Gasteiger partial charge in [0.2, 0.25) is 0 Å². The van der Waals surface area contributed by atoms with E-state index in [1.54, 1.807) is 0 Å². The first-order chi connectivity index (χ1) is 8.33. The Labute approximate surface area is 107 Å². The summed E-state index contributed by atoms with van der Waals surface area (Å²) in [5.41, 5.74) is 0. The van der Waals surface area contributed by atoms with Gasteiger partial charge in [-0.1, -0.05) is 20.3 Å². The van der Waals surface area contributed by atoms with Gasteiger partial charge >= 0.3 is 0 Å². The Morgan fingerprint density at radius 1 is 1.29 bits per heavy atom. The maximum Gasteiger partial charge on any atom is 0.0630 e. The number of nitrogens with zero attached hydrogens (tertiary/aromatic N) is 1. The largest absolute Gasteiger partial charge is 0.383 e. The molecule has 0 heterocycles. The maximum atomic E-state index is 5.39. The van der Waals surface area contributed by atoms with Gasteiger partial charge in [0.1, 0.15) is 0 Å². The third kappa shape index (κ3) is 5.84. The van der Waals surface area contributed by atoms with Crippen molar-refractivity contribution < 1.29 is 4.74 Å². The molecule has 1 atom stereocenters. The van der Waals surface area contributed by atoms with Crippen LogP contribution in [0.2, 0.25) is 0 Å². The van der Waals surface area contributed by atoms with Gasteiger partial charge in [0.25, 0.3) is 0 Å². The summed E-state index contributed by atoms with van der Waals surface area (Å²) < 4.78 is 5.39. The van der Waals surface area contributed by atoms with Crippen LogP contribution in [0.25, 0.3) is 0 Å². The second-order valence-corrected chi connectivity index (χ2v) is 5.14. The molecule has 3 heteroatoms. The zero-order valence-corrected chi connectivity index (χ0v) is 11.9. The second kappa shape index (κ2) is 8.90. The van der Waals surface area contributed by atoms with Crippen molar-refractivity contribution in [3.05, 3.63) is 0 Å². The lowest BCUT2D eigenvalue weighted by molar-refractivity contribution is 0.0828. The third-order valence-corrected chi connectivity index (χ3v) is 3.42. The van der Waals surface area contributed by atoms with Crippen LogP contribution < -0.4 is 5.32 Å². The number of hydrogen-bond donors (Lipinski definition) is 1. The lowest BCUT2D eigenvalue weighted by Crippen LogP contribution is -2.47. The van der Waals surface area contributed by atoms with Gasteiger partial charge in [0, 0.05) is 25.7 Å². The topological polar surface area (TPSA) is 24.5 Å². The Balaban J connectivity index is 2.38. The number of nitrogens with one attached hydrogen (secondary N) is 1. The molecule has 3 nitrogen and oxygen atoms in total. The molecule has 0 bridgehead atoms. The molecule has 1 rings (SSSR count). The fourth-order valence-electron chi connectivity index (χ4n) is 2.32. The summed E-state index contributed by atoms with van der Waals surface area (Å²) in [6, 6.07) is 1.40. The molecule has 0 radical (unpaired) electrons. The first-order valence-electron chi connectivity index (χ1n) is 7.28. The number of ether oxygens (including phenoxy) is 1. The van der Waals surface area contributed by atoms with Gasteiger partial charge in [-0.25, -0.2) is 0 Å². The highest BCUT2D eigenvalue weighted by Gasteiger charge is 2.33. The normalized spacial score (nSPS) is 17.6. The van der Waals surface area contributed by atoms with Crippen molar-refractivity contribution in [2.75, 3.05) is 33.4 Å². The van der Waals surface area contributed by atoms with Crippen LogP contribution in [0.15, 0.2) is 0 Å². The Morgan fingerprint density at radius 2 is 2.06 bits per heavy atom. The summed E-state index contributed by atoms with van der Waals surface area (Å²) in [7, 11) is 1.82. The highest BCUT2D eigenvalue weighted by Crippen LogP contribution is 2.28. The Morgan fingerprint density at radius 3 is 2.59 bits per heavy atom. The summed E-state index contributed by atoms with van der Waals surface area (Å²) in [5, 5.41) is 3.54. The summed E-state index contributed by atoms with van der Waals surface area (Å²) in [5.74, 6) is 0. The minimum atomic E-state index is 0.561. The van der Waals surface area contributed by atoms with Crippen LogP contribution in [0.3, 0.4) is 0 Å². The van der Waals surface area contributed by atoms with Crippen molar-refractivity contribution in [3.63, 3.8) is 0 Å². The molecule has 0 aromatic heterocycles. The zero-order valence-electron chi connectivity index (χ0n) is 11.9. The molecule has 102 valence electrons. The minimum Gasteiger partial charge on any atom is -0.383 e. The Bertz CT molecular complexity index is 183. The smallest absolute Gasteiger partial charge is 0.0630 e. The number of rotatable bonds is 11. The van der Waals surface area contributed by atoms with Gasteiger partial charge in [-0.05, 0) is 38.8 Å². The number of hydrogen-bond acceptors (Lipinski definition) is 3. The molecular weight excluding hydrogens is 212 g/mol. The molecule has 1 aliphatic carbocycles. The summed E-state index contributed by atoms with van der Waals surface area (Å²) in [6.07, 6.45) is 6.57. The molecule has 1 aliphatic rings. The van der Waals surface area contributed by atoms with Crippen LogP contribution in [-0.2, 0) is 4.74 Å². The summed E-state index contributed by atoms with van der Waals surface area (Å²) in [6.45, 7) is 8.77. The standard InChI is InChI=1S/C14H30N2O/c1-4-6-10-16(13-7-8-13)14(12-17-3)11-15-9-5-2/h13-15H,4-12H2,1-3H3. The molecule has 0 saturated heterocycles. The molecule has 0 aromatic rings. The zero-order chi connectivity index (χ0) is 12.5. The van der Waals surface area contributed by atoms with Crippen molar-refractivity contribution in [1.29, 1.82) is 0 Å². The average molecular weight is 242 g/mol. The highest BCUT2D eigenvalue weighted by atomic mass is 16.5. The average Bonchev–Trinajstić information content (AvgIpc) is 3.14. The van der Waals surface area contributed by atoms with Crippen molar-refractivity contribution in [2.24, 2.45) is 0 Å². The van der Waals surface area contributed by atoms with Crippen molar-refractivity contribution in [1.82, 2.24) is 10.2 Å². The Hall–Kier alpha value is -0.120. The van der Waals surface area contributed by atoms with E-state index in [9.17, 15) is 0 Å². The van der Waals surface area contributed by atoms with Crippen molar-refractivity contribution in [3.8, 4) is 0 Å². The van der Waals surface area contributed by atoms with Crippen LogP contribution in [0.1, 0.15) is 46.0 Å². The first-order valence-corrected chi connectivity index (χ1v) is 7.28. The van der Waals surface area contributed by atoms with Crippen LogP contribution in [-0.4, -0.2) is 50.3 Å². The van der Waals surface area contributed by atoms with E-state index in [1.807, 2.05) is 7.11 Å². The minimum absolute atomic E-state index is 0.561. The van der Waals surface area contributed by atoms with Gasteiger partial charge in [0.15, 0.2) is 0 Å². The van der Waals surface area contributed by atoms with Gasteiger partial charge in [-0.3, -0.25) is 4.90 Å². The van der Waals surface area contributed by atoms with Crippen LogP contribution in [0, 0.1) is 0 Å². The summed E-state index contributed by atoms with van der Waals surface area (Å²) >= 11 is 0. The second-order valence-electron chi connectivity index (χ2n) is 5.14. The van der Waals surface area contributed by atoms with E-state index in [0.717, 1.165) is 25.7 Å². The predicted octanol–water partition coefficient (Wildman–Crippen LogP) is 2.27. The molecule has 0 amide bonds. The highest BCUT2D eigenvalue weighted by molar-refractivity contribution is 4.89. The lowest BCUT2D eigenvalue weighted by Gasteiger charge is -2.31. The molecule has 1 unspecified atom stereocenters. The van der Waals surface area contributed by atoms with Crippen molar-refractivity contribution >= 4 is 0 Å². The van der Waals surface area contributed by atoms with E-state index in [1.165, 1.54) is 38.6 Å². The van der Waals surface area contributed by atoms with Crippen molar-refractivity contribution in [2.45, 2.75) is 58.0 Å². The molecule has 1 saturated carbocycles. The number of unbranched alkanes of at least 4 members (excludes halogenated alkanes) is 1. The van der Waals surface area contributed by atoms with Gasteiger partial charge in [0.05, 0.1) is 6.61 Å². The maximum absolute atomic E-state index is 5.39. The molecule has 0 spiro atoms. The number of methoxy groups -OCH3 is 1. The molecule has 17 heavy (non-hydrogen) atoms. The van der Waals surface area contributed by atoms with Gasteiger partial charge < -0.3 is 10.1 Å². The fraction of sp³-hybridized carbons (Fsp3) is 1.00. The molecular formula is C14H30N2O. The Kier molecular flexibility index (Phi) is 7.82. The monoisotopic (exact) mass is 242 g/mol. The quantitative estimate of drug-likeness (QED) is 0.563. The molecule has 1 fully saturated rings. The van der Waals surface area contributed by atoms with E-state index in [4.69, 9.17) is 4.74 Å². The van der Waals surface area contributed by atoms with Crippen LogP contribution >= 0.6 is 0 Å². The van der Waals surface area contributed by atoms with Gasteiger partial charge in [-0.15, -0.1) is 0 Å². The van der Waals surface area contributed by atoms with Crippen LogP contribution in [0.4, 0.5) is 0 Å². The van der Waals surface area contributed by atoms with E-state index < -0.39 is 0 Å². The van der Waals surface area contributed by atoms with E-state index >= 15 is 0 Å². The van der Waals surface area contributed by atoms with E-state index in [-0.39, 0.29) is 0 Å². The molecule has 1 N–H and O–H groups in total. The molecule has 0 aliphatic heterocycles. The predicted molar refractivity (Wildman–Crippen MR) is 73.5 cm³/mol. The van der Waals surface area contributed by atoms with Crippen LogP contribution in [0.5, 0.6) is 0 Å².